The number of rotatable bonds is 2. The van der Waals surface area contributed by atoms with E-state index in [1.54, 1.807) is 35.0 Å². The molecule has 0 saturated heterocycles. The molecule has 0 aliphatic rings. The van der Waals surface area contributed by atoms with Gasteiger partial charge in [0, 0.05) is 18.2 Å². The summed E-state index contributed by atoms with van der Waals surface area (Å²) in [4.78, 5) is 0. The molecule has 0 fully saturated rings. The SMILES string of the molecule is Cn1nc(-c2ccc(O)cc2)cc1-c1ccc(O)c(Cl)c1. The zero-order chi connectivity index (χ0) is 15.0. The van der Waals surface area contributed by atoms with E-state index in [2.05, 4.69) is 5.10 Å². The standard InChI is InChI=1S/C16H13ClN2O2/c1-19-15(11-4-7-16(21)13(17)8-11)9-14(18-19)10-2-5-12(20)6-3-10/h2-9,20-21H,1H3. The molecule has 2 N–H and O–H groups in total. The Bertz CT molecular complexity index is 795. The summed E-state index contributed by atoms with van der Waals surface area (Å²) in [6, 6.07) is 13.9. The molecule has 0 aliphatic carbocycles. The molecule has 0 amide bonds. The van der Waals surface area contributed by atoms with Gasteiger partial charge in [0.1, 0.15) is 11.5 Å². The van der Waals surface area contributed by atoms with Crippen LogP contribution in [0.4, 0.5) is 0 Å². The summed E-state index contributed by atoms with van der Waals surface area (Å²) < 4.78 is 1.75. The topological polar surface area (TPSA) is 58.3 Å². The second-order valence-electron chi connectivity index (χ2n) is 4.75. The highest BCUT2D eigenvalue weighted by molar-refractivity contribution is 6.32. The fourth-order valence-corrected chi connectivity index (χ4v) is 2.36. The lowest BCUT2D eigenvalue weighted by atomic mass is 10.1. The first-order valence-electron chi connectivity index (χ1n) is 6.37. The first-order valence-corrected chi connectivity index (χ1v) is 6.75. The number of hydrogen-bond acceptors (Lipinski definition) is 3. The van der Waals surface area contributed by atoms with Gasteiger partial charge in [-0.05, 0) is 48.5 Å². The van der Waals surface area contributed by atoms with Crippen LogP contribution < -0.4 is 0 Å². The number of benzene rings is 2. The van der Waals surface area contributed by atoms with Crippen LogP contribution in [0.1, 0.15) is 0 Å². The molecule has 0 bridgehead atoms. The zero-order valence-electron chi connectivity index (χ0n) is 11.3. The Morgan fingerprint density at radius 1 is 0.952 bits per heavy atom. The summed E-state index contributed by atoms with van der Waals surface area (Å²) in [5, 5.41) is 23.6. The van der Waals surface area contributed by atoms with Crippen LogP contribution in [0.15, 0.2) is 48.5 Å². The van der Waals surface area contributed by atoms with E-state index in [1.165, 1.54) is 0 Å². The Balaban J connectivity index is 2.05. The van der Waals surface area contributed by atoms with Crippen LogP contribution in [-0.4, -0.2) is 20.0 Å². The Morgan fingerprint density at radius 2 is 1.62 bits per heavy atom. The molecule has 106 valence electrons. The van der Waals surface area contributed by atoms with Crippen LogP contribution in [0, 0.1) is 0 Å². The Hall–Kier alpha value is -2.46. The number of nitrogens with zero attached hydrogens (tertiary/aromatic N) is 2. The third-order valence-electron chi connectivity index (χ3n) is 3.29. The molecule has 2 aromatic carbocycles. The van der Waals surface area contributed by atoms with Crippen LogP contribution in [0.3, 0.4) is 0 Å². The highest BCUT2D eigenvalue weighted by Crippen LogP contribution is 2.31. The molecule has 0 aliphatic heterocycles. The second-order valence-corrected chi connectivity index (χ2v) is 5.16. The lowest BCUT2D eigenvalue weighted by molar-refractivity contribution is 0.475. The van der Waals surface area contributed by atoms with Crippen molar-refractivity contribution in [2.45, 2.75) is 0 Å². The van der Waals surface area contributed by atoms with E-state index in [1.807, 2.05) is 25.2 Å². The smallest absolute Gasteiger partial charge is 0.134 e. The lowest BCUT2D eigenvalue weighted by Gasteiger charge is -2.03. The predicted molar refractivity (Wildman–Crippen MR) is 82.4 cm³/mol. The van der Waals surface area contributed by atoms with Gasteiger partial charge in [-0.3, -0.25) is 4.68 Å². The molecule has 3 rings (SSSR count). The number of phenolic OH excluding ortho intramolecular Hbond substituents is 2. The van der Waals surface area contributed by atoms with E-state index in [-0.39, 0.29) is 11.5 Å². The summed E-state index contributed by atoms with van der Waals surface area (Å²) >= 11 is 5.95. The minimum absolute atomic E-state index is 0.0568. The molecule has 3 aromatic rings. The van der Waals surface area contributed by atoms with Crippen molar-refractivity contribution in [2.24, 2.45) is 7.05 Å². The van der Waals surface area contributed by atoms with Crippen LogP contribution >= 0.6 is 11.6 Å². The number of aromatic nitrogens is 2. The number of phenols is 2. The molecule has 0 radical (unpaired) electrons. The molecule has 21 heavy (non-hydrogen) atoms. The maximum atomic E-state index is 9.49. The van der Waals surface area contributed by atoms with E-state index in [0.717, 1.165) is 22.5 Å². The summed E-state index contributed by atoms with van der Waals surface area (Å²) in [5.74, 6) is 0.279. The van der Waals surface area contributed by atoms with Gasteiger partial charge >= 0.3 is 0 Å². The Labute approximate surface area is 126 Å². The highest BCUT2D eigenvalue weighted by atomic mass is 35.5. The fourth-order valence-electron chi connectivity index (χ4n) is 2.18. The molecule has 0 saturated carbocycles. The molecule has 0 unspecified atom stereocenters. The summed E-state index contributed by atoms with van der Waals surface area (Å²) in [6.45, 7) is 0. The zero-order valence-corrected chi connectivity index (χ0v) is 12.0. The van der Waals surface area contributed by atoms with Crippen LogP contribution in [0.2, 0.25) is 5.02 Å². The molecule has 1 heterocycles. The van der Waals surface area contributed by atoms with E-state index in [9.17, 15) is 10.2 Å². The number of aryl methyl sites for hydroxylation is 1. The van der Waals surface area contributed by atoms with Crippen molar-refractivity contribution >= 4 is 11.6 Å². The van der Waals surface area contributed by atoms with Crippen molar-refractivity contribution in [1.29, 1.82) is 0 Å². The largest absolute Gasteiger partial charge is 0.508 e. The summed E-state index contributed by atoms with van der Waals surface area (Å²) in [6.07, 6.45) is 0. The van der Waals surface area contributed by atoms with Crippen LogP contribution in [0.25, 0.3) is 22.5 Å². The first kappa shape index (κ1) is 13.5. The molecular weight excluding hydrogens is 288 g/mol. The molecule has 1 aromatic heterocycles. The minimum atomic E-state index is 0.0568. The normalized spacial score (nSPS) is 10.8. The van der Waals surface area contributed by atoms with E-state index in [4.69, 9.17) is 11.6 Å². The number of aromatic hydroxyl groups is 2. The first-order chi connectivity index (χ1) is 10.0. The van der Waals surface area contributed by atoms with Crippen LogP contribution in [0.5, 0.6) is 11.5 Å². The van der Waals surface area contributed by atoms with E-state index < -0.39 is 0 Å². The van der Waals surface area contributed by atoms with Crippen molar-refractivity contribution in [3.63, 3.8) is 0 Å². The average molecular weight is 301 g/mol. The minimum Gasteiger partial charge on any atom is -0.508 e. The second kappa shape index (κ2) is 5.14. The Kier molecular flexibility index (Phi) is 3.31. The number of hydrogen-bond donors (Lipinski definition) is 2. The maximum absolute atomic E-state index is 9.49. The van der Waals surface area contributed by atoms with Gasteiger partial charge in [0.05, 0.1) is 16.4 Å². The number of halogens is 1. The Morgan fingerprint density at radius 3 is 2.29 bits per heavy atom. The molecule has 5 heteroatoms. The summed E-state index contributed by atoms with van der Waals surface area (Å²) in [5.41, 5.74) is 3.48. The predicted octanol–water partition coefficient (Wildman–Crippen LogP) is 3.82. The van der Waals surface area contributed by atoms with Gasteiger partial charge in [-0.2, -0.15) is 5.10 Å². The van der Waals surface area contributed by atoms with Gasteiger partial charge < -0.3 is 10.2 Å². The van der Waals surface area contributed by atoms with Crippen molar-refractivity contribution in [1.82, 2.24) is 9.78 Å². The third kappa shape index (κ3) is 2.58. The lowest BCUT2D eigenvalue weighted by Crippen LogP contribution is -1.93. The molecule has 4 nitrogen and oxygen atoms in total. The molecular formula is C16H13ClN2O2. The van der Waals surface area contributed by atoms with Gasteiger partial charge in [-0.25, -0.2) is 0 Å². The average Bonchev–Trinajstić information content (AvgIpc) is 2.85. The highest BCUT2D eigenvalue weighted by Gasteiger charge is 2.10. The van der Waals surface area contributed by atoms with Gasteiger partial charge in [-0.15, -0.1) is 0 Å². The third-order valence-corrected chi connectivity index (χ3v) is 3.59. The van der Waals surface area contributed by atoms with E-state index in [0.29, 0.717) is 5.02 Å². The molecule has 0 atom stereocenters. The molecule has 0 spiro atoms. The van der Waals surface area contributed by atoms with Gasteiger partial charge in [0.25, 0.3) is 0 Å². The maximum Gasteiger partial charge on any atom is 0.134 e. The summed E-state index contributed by atoms with van der Waals surface area (Å²) in [7, 11) is 1.85. The van der Waals surface area contributed by atoms with Crippen LogP contribution in [-0.2, 0) is 7.05 Å². The fraction of sp³-hybridized carbons (Fsp3) is 0.0625. The monoisotopic (exact) mass is 300 g/mol. The van der Waals surface area contributed by atoms with Crippen molar-refractivity contribution in [3.8, 4) is 34.0 Å². The van der Waals surface area contributed by atoms with Gasteiger partial charge in [-0.1, -0.05) is 11.6 Å². The quantitative estimate of drug-likeness (QED) is 0.756. The van der Waals surface area contributed by atoms with Gasteiger partial charge in [0.2, 0.25) is 0 Å². The van der Waals surface area contributed by atoms with E-state index >= 15 is 0 Å². The van der Waals surface area contributed by atoms with Gasteiger partial charge in [0.15, 0.2) is 0 Å². The van der Waals surface area contributed by atoms with Crippen molar-refractivity contribution < 1.29 is 10.2 Å². The van der Waals surface area contributed by atoms with Crippen molar-refractivity contribution in [2.75, 3.05) is 0 Å². The van der Waals surface area contributed by atoms with Crippen molar-refractivity contribution in [3.05, 3.63) is 53.6 Å².